The van der Waals surface area contributed by atoms with Crippen molar-refractivity contribution in [3.63, 3.8) is 0 Å². The molecule has 108 valence electrons. The predicted octanol–water partition coefficient (Wildman–Crippen LogP) is 1.01. The van der Waals surface area contributed by atoms with E-state index in [9.17, 15) is 14.7 Å². The van der Waals surface area contributed by atoms with Crippen molar-refractivity contribution in [2.24, 2.45) is 5.41 Å². The van der Waals surface area contributed by atoms with Gasteiger partial charge in [-0.3, -0.25) is 0 Å². The Labute approximate surface area is 113 Å². The highest BCUT2D eigenvalue weighted by molar-refractivity contribution is 5.83. The first-order valence-corrected chi connectivity index (χ1v) is 6.79. The van der Waals surface area contributed by atoms with Crippen LogP contribution in [0, 0.1) is 5.41 Å². The van der Waals surface area contributed by atoms with E-state index in [1.807, 2.05) is 13.8 Å². The lowest BCUT2D eigenvalue weighted by Gasteiger charge is -2.45. The molecule has 0 radical (unpaired) electrons. The van der Waals surface area contributed by atoms with E-state index in [0.717, 1.165) is 12.8 Å². The fourth-order valence-electron chi connectivity index (χ4n) is 3.00. The average Bonchev–Trinajstić information content (AvgIpc) is 2.37. The summed E-state index contributed by atoms with van der Waals surface area (Å²) < 4.78 is 5.22. The second-order valence-corrected chi connectivity index (χ2v) is 5.91. The lowest BCUT2D eigenvalue weighted by Crippen LogP contribution is -2.60. The van der Waals surface area contributed by atoms with Crippen LogP contribution in [0.2, 0.25) is 0 Å². The summed E-state index contributed by atoms with van der Waals surface area (Å²) in [7, 11) is 0. The van der Waals surface area contributed by atoms with E-state index in [-0.39, 0.29) is 11.4 Å². The van der Waals surface area contributed by atoms with Crippen LogP contribution < -0.4 is 0 Å². The van der Waals surface area contributed by atoms with Crippen molar-refractivity contribution in [2.75, 3.05) is 32.8 Å². The minimum Gasteiger partial charge on any atom is -0.480 e. The molecule has 0 bridgehead atoms. The number of hydrogen-bond donors (Lipinski definition) is 1. The summed E-state index contributed by atoms with van der Waals surface area (Å²) in [5, 5.41) is 9.45. The molecule has 0 aromatic rings. The molecule has 1 N–H and O–H groups in total. The van der Waals surface area contributed by atoms with Gasteiger partial charge in [0.05, 0.1) is 13.2 Å². The number of carbonyl (C=O) groups excluding carboxylic acids is 1. The van der Waals surface area contributed by atoms with Gasteiger partial charge in [-0.25, -0.2) is 9.59 Å². The van der Waals surface area contributed by atoms with Crippen molar-refractivity contribution in [3.8, 4) is 0 Å². The summed E-state index contributed by atoms with van der Waals surface area (Å²) in [4.78, 5) is 27.2. The van der Waals surface area contributed by atoms with E-state index in [0.29, 0.717) is 32.8 Å². The number of hydrogen-bond acceptors (Lipinski definition) is 3. The number of amides is 2. The second-order valence-electron chi connectivity index (χ2n) is 5.91. The first kappa shape index (κ1) is 14.1. The van der Waals surface area contributed by atoms with Gasteiger partial charge in [-0.2, -0.15) is 0 Å². The topological polar surface area (TPSA) is 70.1 Å². The normalized spacial score (nSPS) is 27.2. The zero-order valence-corrected chi connectivity index (χ0v) is 11.6. The number of nitrogens with zero attached hydrogens (tertiary/aromatic N) is 2. The van der Waals surface area contributed by atoms with Crippen LogP contribution in [-0.4, -0.2) is 65.8 Å². The van der Waals surface area contributed by atoms with Gasteiger partial charge in [-0.15, -0.1) is 0 Å². The van der Waals surface area contributed by atoms with Gasteiger partial charge < -0.3 is 19.6 Å². The largest absolute Gasteiger partial charge is 0.480 e. The van der Waals surface area contributed by atoms with Crippen molar-refractivity contribution in [1.82, 2.24) is 9.80 Å². The first-order valence-electron chi connectivity index (χ1n) is 6.79. The summed E-state index contributed by atoms with van der Waals surface area (Å²) in [5.41, 5.74) is -0.383. The van der Waals surface area contributed by atoms with Crippen molar-refractivity contribution in [1.29, 1.82) is 0 Å². The third-order valence-electron chi connectivity index (χ3n) is 4.03. The number of likely N-dealkylation sites (tertiary alicyclic amines) is 1. The minimum atomic E-state index is -0.911. The quantitative estimate of drug-likeness (QED) is 0.772. The van der Waals surface area contributed by atoms with Crippen LogP contribution in [0.1, 0.15) is 26.7 Å². The molecule has 6 nitrogen and oxygen atoms in total. The summed E-state index contributed by atoms with van der Waals surface area (Å²) in [5.74, 6) is -0.911. The number of aliphatic carboxylic acids is 1. The molecular weight excluding hydrogens is 248 g/mol. The van der Waals surface area contributed by atoms with Crippen LogP contribution >= 0.6 is 0 Å². The molecule has 19 heavy (non-hydrogen) atoms. The van der Waals surface area contributed by atoms with Gasteiger partial charge in [0.2, 0.25) is 0 Å². The molecular formula is C13H22N2O4. The Morgan fingerprint density at radius 1 is 1.21 bits per heavy atom. The predicted molar refractivity (Wildman–Crippen MR) is 68.9 cm³/mol. The molecule has 2 fully saturated rings. The van der Waals surface area contributed by atoms with Gasteiger partial charge in [0.25, 0.3) is 0 Å². The number of ether oxygens (including phenoxy) is 1. The van der Waals surface area contributed by atoms with Crippen molar-refractivity contribution < 1.29 is 19.4 Å². The van der Waals surface area contributed by atoms with Gasteiger partial charge in [-0.05, 0) is 18.3 Å². The Morgan fingerprint density at radius 3 is 2.42 bits per heavy atom. The third kappa shape index (κ3) is 2.83. The monoisotopic (exact) mass is 270 g/mol. The van der Waals surface area contributed by atoms with Crippen molar-refractivity contribution >= 4 is 12.0 Å². The highest BCUT2D eigenvalue weighted by Crippen LogP contribution is 2.35. The SMILES string of the molecule is CC1(C)CCCN(C(=O)N2CCOCC2)C1C(=O)O. The van der Waals surface area contributed by atoms with E-state index in [4.69, 9.17) is 4.74 Å². The Balaban J connectivity index is 2.15. The number of carboxylic acids is 1. The van der Waals surface area contributed by atoms with Gasteiger partial charge in [0, 0.05) is 19.6 Å². The molecule has 0 aromatic carbocycles. The fourth-order valence-corrected chi connectivity index (χ4v) is 3.00. The van der Waals surface area contributed by atoms with E-state index in [1.54, 1.807) is 4.90 Å². The minimum absolute atomic E-state index is 0.163. The first-order chi connectivity index (χ1) is 8.93. The molecule has 2 amide bonds. The van der Waals surface area contributed by atoms with Crippen LogP contribution in [0.5, 0.6) is 0 Å². The molecule has 6 heteroatoms. The van der Waals surface area contributed by atoms with Gasteiger partial charge >= 0.3 is 12.0 Å². The number of morpholine rings is 1. The number of urea groups is 1. The van der Waals surface area contributed by atoms with E-state index < -0.39 is 12.0 Å². The molecule has 2 saturated heterocycles. The van der Waals surface area contributed by atoms with Crippen molar-refractivity contribution in [2.45, 2.75) is 32.7 Å². The number of carboxylic acid groups (broad SMARTS) is 1. The molecule has 2 aliphatic rings. The Hall–Kier alpha value is -1.30. The highest BCUT2D eigenvalue weighted by atomic mass is 16.5. The Kier molecular flexibility index (Phi) is 3.99. The molecule has 0 spiro atoms. The highest BCUT2D eigenvalue weighted by Gasteiger charge is 2.45. The van der Waals surface area contributed by atoms with Crippen LogP contribution in [0.15, 0.2) is 0 Å². The summed E-state index contributed by atoms with van der Waals surface area (Å²) in [6.07, 6.45) is 1.68. The molecule has 0 aliphatic carbocycles. The molecule has 2 rings (SSSR count). The Bertz CT molecular complexity index is 364. The molecule has 0 saturated carbocycles. The Morgan fingerprint density at radius 2 is 1.84 bits per heavy atom. The van der Waals surface area contributed by atoms with Gasteiger partial charge in [0.1, 0.15) is 6.04 Å². The zero-order chi connectivity index (χ0) is 14.0. The van der Waals surface area contributed by atoms with E-state index in [2.05, 4.69) is 0 Å². The standard InChI is InChI=1S/C13H22N2O4/c1-13(2)4-3-5-15(10(13)11(16)17)12(18)14-6-8-19-9-7-14/h10H,3-9H2,1-2H3,(H,16,17). The number of rotatable bonds is 1. The molecule has 1 atom stereocenters. The van der Waals surface area contributed by atoms with Crippen molar-refractivity contribution in [3.05, 3.63) is 0 Å². The number of carbonyl (C=O) groups is 2. The van der Waals surface area contributed by atoms with Gasteiger partial charge in [0.15, 0.2) is 0 Å². The zero-order valence-electron chi connectivity index (χ0n) is 11.6. The lowest BCUT2D eigenvalue weighted by atomic mass is 9.76. The molecule has 0 aromatic heterocycles. The van der Waals surface area contributed by atoms with Crippen LogP contribution in [-0.2, 0) is 9.53 Å². The summed E-state index contributed by atoms with van der Waals surface area (Å²) in [6, 6.07) is -0.903. The molecule has 1 unspecified atom stereocenters. The maximum Gasteiger partial charge on any atom is 0.327 e. The molecule has 2 aliphatic heterocycles. The second kappa shape index (κ2) is 5.36. The maximum atomic E-state index is 12.5. The van der Waals surface area contributed by atoms with Gasteiger partial charge in [-0.1, -0.05) is 13.8 Å². The van der Waals surface area contributed by atoms with E-state index in [1.165, 1.54) is 4.90 Å². The number of piperidine rings is 1. The summed E-state index contributed by atoms with van der Waals surface area (Å²) >= 11 is 0. The summed E-state index contributed by atoms with van der Waals surface area (Å²) in [6.45, 7) is 6.51. The molecule has 2 heterocycles. The smallest absolute Gasteiger partial charge is 0.327 e. The third-order valence-corrected chi connectivity index (χ3v) is 4.03. The average molecular weight is 270 g/mol. The van der Waals surface area contributed by atoms with Crippen LogP contribution in [0.4, 0.5) is 4.79 Å². The van der Waals surface area contributed by atoms with E-state index >= 15 is 0 Å². The lowest BCUT2D eigenvalue weighted by molar-refractivity contribution is -0.149. The van der Waals surface area contributed by atoms with Crippen LogP contribution in [0.3, 0.4) is 0 Å². The van der Waals surface area contributed by atoms with Crippen LogP contribution in [0.25, 0.3) is 0 Å². The fraction of sp³-hybridized carbons (Fsp3) is 0.846. The maximum absolute atomic E-state index is 12.5.